The molecule has 0 N–H and O–H groups in total. The molecule has 3 heteroatoms. The summed E-state index contributed by atoms with van der Waals surface area (Å²) in [5.41, 5.74) is -1.20. The Morgan fingerprint density at radius 2 is 0.935 bits per heavy atom. The van der Waals surface area contributed by atoms with E-state index in [1.165, 1.54) is 51.4 Å². The van der Waals surface area contributed by atoms with Crippen LogP contribution in [0.25, 0.3) is 0 Å². The number of hydrogen-bond donors (Lipinski definition) is 0. The number of ether oxygens (including phenoxy) is 1. The van der Waals surface area contributed by atoms with Crippen LogP contribution in [0.4, 0.5) is 0 Å². The molecule has 31 heavy (non-hydrogen) atoms. The zero-order chi connectivity index (χ0) is 23.4. The van der Waals surface area contributed by atoms with E-state index in [2.05, 4.69) is 27.7 Å². The molecule has 3 nitrogen and oxygen atoms in total. The lowest BCUT2D eigenvalue weighted by Gasteiger charge is -2.36. The molecule has 0 atom stereocenters. The molecule has 0 unspecified atom stereocenters. The summed E-state index contributed by atoms with van der Waals surface area (Å²) >= 11 is 0. The Bertz CT molecular complexity index is 533. The lowest BCUT2D eigenvalue weighted by atomic mass is 9.71. The van der Waals surface area contributed by atoms with Crippen LogP contribution < -0.4 is 0 Å². The van der Waals surface area contributed by atoms with Gasteiger partial charge in [-0.15, -0.1) is 0 Å². The van der Waals surface area contributed by atoms with Crippen molar-refractivity contribution >= 4 is 11.9 Å². The van der Waals surface area contributed by atoms with E-state index in [0.29, 0.717) is 11.8 Å². The van der Waals surface area contributed by atoms with Crippen LogP contribution in [0, 0.1) is 46.3 Å². The van der Waals surface area contributed by atoms with Gasteiger partial charge in [-0.1, -0.05) is 53.4 Å². The minimum absolute atomic E-state index is 0.333. The van der Waals surface area contributed by atoms with E-state index in [1.807, 2.05) is 27.7 Å². The van der Waals surface area contributed by atoms with Gasteiger partial charge in [-0.2, -0.15) is 0 Å². The zero-order valence-electron chi connectivity index (χ0n) is 21.8. The minimum atomic E-state index is -0.601. The first-order valence-corrected chi connectivity index (χ1v) is 13.1. The van der Waals surface area contributed by atoms with E-state index in [4.69, 9.17) is 4.74 Å². The Balaban J connectivity index is 1.83. The van der Waals surface area contributed by atoms with E-state index in [-0.39, 0.29) is 11.9 Å². The molecule has 0 bridgehead atoms. The van der Waals surface area contributed by atoms with Crippen LogP contribution in [0.15, 0.2) is 0 Å². The first-order valence-electron chi connectivity index (χ1n) is 13.1. The molecule has 0 aliphatic heterocycles. The van der Waals surface area contributed by atoms with Gasteiger partial charge in [0.1, 0.15) is 0 Å². The Kier molecular flexibility index (Phi) is 9.23. The average Bonchev–Trinajstić information content (AvgIpc) is 2.68. The minimum Gasteiger partial charge on any atom is -0.392 e. The fraction of sp³-hybridized carbons (Fsp3) is 0.929. The Morgan fingerprint density at radius 1 is 0.645 bits per heavy atom. The van der Waals surface area contributed by atoms with Crippen molar-refractivity contribution < 1.29 is 14.3 Å². The second-order valence-corrected chi connectivity index (χ2v) is 12.9. The maximum Gasteiger partial charge on any atom is 0.319 e. The molecule has 0 amide bonds. The summed E-state index contributed by atoms with van der Waals surface area (Å²) in [6.45, 7) is 17.1. The molecule has 180 valence electrons. The van der Waals surface area contributed by atoms with Crippen LogP contribution in [-0.4, -0.2) is 11.9 Å². The van der Waals surface area contributed by atoms with E-state index in [1.54, 1.807) is 0 Å². The quantitative estimate of drug-likeness (QED) is 0.289. The van der Waals surface area contributed by atoms with E-state index in [9.17, 15) is 9.59 Å². The predicted octanol–water partition coefficient (Wildman–Crippen LogP) is 7.81. The molecule has 0 saturated heterocycles. The number of carbonyl (C=O) groups excluding carboxylic acids is 2. The third kappa shape index (κ3) is 7.60. The molecule has 0 aromatic rings. The van der Waals surface area contributed by atoms with Gasteiger partial charge in [0.05, 0.1) is 10.8 Å². The van der Waals surface area contributed by atoms with Gasteiger partial charge in [0.15, 0.2) is 0 Å². The third-order valence-corrected chi connectivity index (χ3v) is 8.56. The number of carbonyl (C=O) groups is 2. The van der Waals surface area contributed by atoms with Gasteiger partial charge in [-0.25, -0.2) is 0 Å². The first-order chi connectivity index (χ1) is 14.3. The van der Waals surface area contributed by atoms with Crippen LogP contribution in [0.2, 0.25) is 0 Å². The predicted molar refractivity (Wildman–Crippen MR) is 128 cm³/mol. The van der Waals surface area contributed by atoms with Crippen LogP contribution in [0.1, 0.15) is 120 Å². The molecule has 0 spiro atoms. The second-order valence-electron chi connectivity index (χ2n) is 12.9. The van der Waals surface area contributed by atoms with Crippen molar-refractivity contribution in [3.8, 4) is 0 Å². The topological polar surface area (TPSA) is 43.4 Å². The lowest BCUT2D eigenvalue weighted by Crippen LogP contribution is -2.37. The van der Waals surface area contributed by atoms with Crippen LogP contribution in [0.5, 0.6) is 0 Å². The van der Waals surface area contributed by atoms with Gasteiger partial charge in [0, 0.05) is 0 Å². The maximum absolute atomic E-state index is 12.9. The third-order valence-electron chi connectivity index (χ3n) is 8.56. The summed E-state index contributed by atoms with van der Waals surface area (Å²) in [5.74, 6) is 3.61. The van der Waals surface area contributed by atoms with Gasteiger partial charge in [-0.05, 0) is 102 Å². The molecular weight excluding hydrogens is 384 g/mol. The van der Waals surface area contributed by atoms with E-state index in [0.717, 1.165) is 36.5 Å². The Morgan fingerprint density at radius 3 is 1.19 bits per heavy atom. The number of hydrogen-bond acceptors (Lipinski definition) is 3. The maximum atomic E-state index is 12.9. The van der Waals surface area contributed by atoms with Crippen LogP contribution in [0.3, 0.4) is 0 Å². The molecule has 2 aliphatic carbocycles. The van der Waals surface area contributed by atoms with Gasteiger partial charge in [0.2, 0.25) is 0 Å². The molecule has 0 heterocycles. The summed E-state index contributed by atoms with van der Waals surface area (Å²) in [7, 11) is 0. The molecule has 0 aromatic heterocycles. The highest BCUT2D eigenvalue weighted by atomic mass is 16.6. The van der Waals surface area contributed by atoms with E-state index < -0.39 is 10.8 Å². The molecule has 2 aliphatic rings. The van der Waals surface area contributed by atoms with Crippen molar-refractivity contribution in [2.45, 2.75) is 120 Å². The summed E-state index contributed by atoms with van der Waals surface area (Å²) in [5, 5.41) is 0. The molecule has 2 saturated carbocycles. The van der Waals surface area contributed by atoms with Gasteiger partial charge in [-0.3, -0.25) is 9.59 Å². The average molecular weight is 435 g/mol. The molecular formula is C28H50O3. The highest BCUT2D eigenvalue weighted by Gasteiger charge is 2.40. The summed E-state index contributed by atoms with van der Waals surface area (Å²) in [6.07, 6.45) is 11.5. The zero-order valence-corrected chi connectivity index (χ0v) is 21.8. The van der Waals surface area contributed by atoms with Crippen molar-refractivity contribution in [3.05, 3.63) is 0 Å². The molecule has 2 fully saturated rings. The smallest absolute Gasteiger partial charge is 0.319 e. The van der Waals surface area contributed by atoms with Crippen molar-refractivity contribution in [2.75, 3.05) is 0 Å². The van der Waals surface area contributed by atoms with Crippen molar-refractivity contribution in [3.63, 3.8) is 0 Å². The standard InChI is InChI=1S/C28H50O3/c1-19(2)23-13-9-21(10-14-23)17-27(5,6)25(29)31-26(30)28(7,8)18-22-11-15-24(16-12-22)20(3)4/h19-24H,9-18H2,1-8H3. The Hall–Kier alpha value is -0.860. The fourth-order valence-electron chi connectivity index (χ4n) is 6.09. The van der Waals surface area contributed by atoms with Gasteiger partial charge >= 0.3 is 11.9 Å². The summed E-state index contributed by atoms with van der Waals surface area (Å²) in [4.78, 5) is 25.9. The highest BCUT2D eigenvalue weighted by molar-refractivity contribution is 5.90. The number of rotatable bonds is 8. The Labute approximate surface area is 192 Å². The fourth-order valence-corrected chi connectivity index (χ4v) is 6.09. The van der Waals surface area contributed by atoms with Gasteiger partial charge < -0.3 is 4.74 Å². The summed E-state index contributed by atoms with van der Waals surface area (Å²) < 4.78 is 5.50. The highest BCUT2D eigenvalue weighted by Crippen LogP contribution is 2.41. The summed E-state index contributed by atoms with van der Waals surface area (Å²) in [6, 6.07) is 0. The largest absolute Gasteiger partial charge is 0.392 e. The number of esters is 2. The molecule has 0 aromatic carbocycles. The van der Waals surface area contributed by atoms with Gasteiger partial charge in [0.25, 0.3) is 0 Å². The molecule has 0 radical (unpaired) electrons. The normalized spacial score (nSPS) is 28.1. The lowest BCUT2D eigenvalue weighted by molar-refractivity contribution is -0.173. The SMILES string of the molecule is CC(C)C1CCC(CC(C)(C)C(=O)OC(=O)C(C)(C)CC2CCC(C(C)C)CC2)CC1. The van der Waals surface area contributed by atoms with Crippen molar-refractivity contribution in [1.82, 2.24) is 0 Å². The molecule has 2 rings (SSSR count). The van der Waals surface area contributed by atoms with E-state index >= 15 is 0 Å². The van der Waals surface area contributed by atoms with Crippen molar-refractivity contribution in [1.29, 1.82) is 0 Å². The van der Waals surface area contributed by atoms with Crippen molar-refractivity contribution in [2.24, 2.45) is 46.3 Å². The van der Waals surface area contributed by atoms with Crippen LogP contribution in [-0.2, 0) is 14.3 Å². The second kappa shape index (κ2) is 10.8. The monoisotopic (exact) mass is 434 g/mol. The first kappa shape index (κ1) is 26.4. The van der Waals surface area contributed by atoms with Crippen LogP contribution >= 0.6 is 0 Å².